The van der Waals surface area contributed by atoms with Crippen molar-refractivity contribution in [2.45, 2.75) is 26.2 Å². The summed E-state index contributed by atoms with van der Waals surface area (Å²) in [7, 11) is 0. The number of nitrogens with one attached hydrogen (secondary N) is 1. The Morgan fingerprint density at radius 2 is 2.04 bits per heavy atom. The van der Waals surface area contributed by atoms with Crippen LogP contribution in [-0.2, 0) is 4.79 Å². The average molecular weight is 371 g/mol. The number of hydrogen-bond acceptors (Lipinski definition) is 6. The fourth-order valence-corrected chi connectivity index (χ4v) is 2.29. The molecule has 0 bridgehead atoms. The predicted molar refractivity (Wildman–Crippen MR) is 101 cm³/mol. The normalized spacial score (nSPS) is 11.9. The van der Waals surface area contributed by atoms with E-state index in [0.717, 1.165) is 18.7 Å². The lowest BCUT2D eigenvalue weighted by Crippen LogP contribution is -2.24. The van der Waals surface area contributed by atoms with Crippen LogP contribution >= 0.6 is 0 Å². The summed E-state index contributed by atoms with van der Waals surface area (Å²) in [5.74, 6) is 0.362. The summed E-state index contributed by atoms with van der Waals surface area (Å²) in [4.78, 5) is 22.1. The van der Waals surface area contributed by atoms with Crippen LogP contribution in [0.15, 0.2) is 47.6 Å². The van der Waals surface area contributed by atoms with E-state index in [1.54, 1.807) is 12.1 Å². The Hall–Kier alpha value is -3.42. The zero-order valence-corrected chi connectivity index (χ0v) is 15.1. The van der Waals surface area contributed by atoms with E-state index < -0.39 is 10.8 Å². The number of carbonyl (C=O) groups excluding carboxylic acids is 1. The average Bonchev–Trinajstić information content (AvgIpc) is 2.66. The fraction of sp³-hybridized carbons (Fsp3) is 0.263. The molecule has 2 N–H and O–H groups in total. The molecule has 0 fully saturated rings. The van der Waals surface area contributed by atoms with Gasteiger partial charge in [0.2, 0.25) is 0 Å². The van der Waals surface area contributed by atoms with Crippen LogP contribution in [-0.4, -0.2) is 28.8 Å². The fourth-order valence-electron chi connectivity index (χ4n) is 2.29. The quantitative estimate of drug-likeness (QED) is 0.420. The van der Waals surface area contributed by atoms with Gasteiger partial charge in [-0.25, -0.2) is 5.43 Å². The maximum Gasteiger partial charge on any atom is 0.278 e. The van der Waals surface area contributed by atoms with Gasteiger partial charge in [0.1, 0.15) is 11.5 Å². The number of benzene rings is 2. The molecular formula is C19H21N3O5. The van der Waals surface area contributed by atoms with Crippen molar-refractivity contribution in [3.63, 3.8) is 0 Å². The molecule has 0 aliphatic heterocycles. The van der Waals surface area contributed by atoms with Crippen molar-refractivity contribution in [1.29, 1.82) is 0 Å². The molecule has 0 aliphatic carbocycles. The van der Waals surface area contributed by atoms with Gasteiger partial charge in [-0.15, -0.1) is 0 Å². The summed E-state index contributed by atoms with van der Waals surface area (Å²) < 4.78 is 5.39. The molecule has 142 valence electrons. The van der Waals surface area contributed by atoms with Gasteiger partial charge in [0, 0.05) is 6.07 Å². The Morgan fingerprint density at radius 1 is 1.33 bits per heavy atom. The summed E-state index contributed by atoms with van der Waals surface area (Å²) in [6.07, 6.45) is 2.13. The van der Waals surface area contributed by atoms with Crippen LogP contribution in [0.25, 0.3) is 0 Å². The van der Waals surface area contributed by atoms with Crippen LogP contribution in [0.1, 0.15) is 37.3 Å². The van der Waals surface area contributed by atoms with E-state index in [2.05, 4.69) is 24.4 Å². The number of carbonyl (C=O) groups is 1. The van der Waals surface area contributed by atoms with Crippen molar-refractivity contribution < 1.29 is 19.6 Å². The molecule has 0 saturated heterocycles. The number of rotatable bonds is 8. The maximum absolute atomic E-state index is 11.8. The van der Waals surface area contributed by atoms with Gasteiger partial charge in [-0.2, -0.15) is 5.10 Å². The van der Waals surface area contributed by atoms with Crippen molar-refractivity contribution in [2.75, 3.05) is 6.61 Å². The van der Waals surface area contributed by atoms with E-state index in [1.807, 2.05) is 12.1 Å². The molecule has 8 nitrogen and oxygen atoms in total. The molecule has 2 rings (SSSR count). The summed E-state index contributed by atoms with van der Waals surface area (Å²) in [6, 6.07) is 11.1. The van der Waals surface area contributed by atoms with Crippen molar-refractivity contribution in [3.05, 3.63) is 63.7 Å². The largest absolute Gasteiger partial charge is 0.508 e. The first-order valence-corrected chi connectivity index (χ1v) is 8.42. The minimum absolute atomic E-state index is 0.0712. The topological polar surface area (TPSA) is 114 Å². The number of amides is 1. The highest BCUT2D eigenvalue weighted by molar-refractivity contribution is 5.87. The molecule has 0 spiro atoms. The number of hydrogen-bond donors (Lipinski definition) is 2. The second-order valence-corrected chi connectivity index (χ2v) is 5.96. The Bertz CT molecular complexity index is 834. The van der Waals surface area contributed by atoms with Gasteiger partial charge in [0.25, 0.3) is 11.6 Å². The molecule has 8 heteroatoms. The van der Waals surface area contributed by atoms with E-state index in [4.69, 9.17) is 4.74 Å². The minimum Gasteiger partial charge on any atom is -0.508 e. The van der Waals surface area contributed by atoms with Crippen LogP contribution in [0.5, 0.6) is 11.5 Å². The monoisotopic (exact) mass is 371 g/mol. The van der Waals surface area contributed by atoms with E-state index in [1.165, 1.54) is 17.7 Å². The standard InChI is InChI=1S/C19H21N3O5/c1-3-13(2)14-4-7-17(8-5-14)27-12-19(24)21-20-11-15-10-16(23)6-9-18(15)22(25)26/h4-11,13,23H,3,12H2,1-2H3,(H,21,24). The van der Waals surface area contributed by atoms with Gasteiger partial charge in [-0.1, -0.05) is 26.0 Å². The highest BCUT2D eigenvalue weighted by atomic mass is 16.6. The van der Waals surface area contributed by atoms with Crippen LogP contribution in [0.4, 0.5) is 5.69 Å². The number of phenols is 1. The Labute approximate surface area is 156 Å². The summed E-state index contributed by atoms with van der Waals surface area (Å²) in [5, 5.41) is 24.0. The van der Waals surface area contributed by atoms with Crippen LogP contribution in [0, 0.1) is 10.1 Å². The highest BCUT2D eigenvalue weighted by Gasteiger charge is 2.12. The molecular weight excluding hydrogens is 350 g/mol. The van der Waals surface area contributed by atoms with Crippen molar-refractivity contribution >= 4 is 17.8 Å². The molecule has 0 radical (unpaired) electrons. The smallest absolute Gasteiger partial charge is 0.278 e. The zero-order chi connectivity index (χ0) is 19.8. The number of nitro benzene ring substituents is 1. The number of nitro groups is 1. The second kappa shape index (κ2) is 9.33. The van der Waals surface area contributed by atoms with E-state index >= 15 is 0 Å². The third kappa shape index (κ3) is 5.81. The van der Waals surface area contributed by atoms with Crippen LogP contribution < -0.4 is 10.2 Å². The maximum atomic E-state index is 11.8. The predicted octanol–water partition coefficient (Wildman–Crippen LogP) is 3.34. The first kappa shape index (κ1) is 19.9. The van der Waals surface area contributed by atoms with Crippen molar-refractivity contribution in [3.8, 4) is 11.5 Å². The van der Waals surface area contributed by atoms with Gasteiger partial charge in [-0.05, 0) is 42.2 Å². The summed E-state index contributed by atoms with van der Waals surface area (Å²) >= 11 is 0. The highest BCUT2D eigenvalue weighted by Crippen LogP contribution is 2.22. The number of aromatic hydroxyl groups is 1. The SMILES string of the molecule is CCC(C)c1ccc(OCC(=O)NN=Cc2cc(O)ccc2[N+](=O)[O-])cc1. The zero-order valence-electron chi connectivity index (χ0n) is 15.1. The second-order valence-electron chi connectivity index (χ2n) is 5.96. The van der Waals surface area contributed by atoms with Gasteiger partial charge in [0.05, 0.1) is 16.7 Å². The summed E-state index contributed by atoms with van der Waals surface area (Å²) in [5.41, 5.74) is 3.27. The number of nitrogens with zero attached hydrogens (tertiary/aromatic N) is 2. The lowest BCUT2D eigenvalue weighted by atomic mass is 9.99. The van der Waals surface area contributed by atoms with Gasteiger partial charge >= 0.3 is 0 Å². The number of ether oxygens (including phenoxy) is 1. The third-order valence-electron chi connectivity index (χ3n) is 4.03. The molecule has 2 aromatic carbocycles. The molecule has 1 unspecified atom stereocenters. The minimum atomic E-state index is -0.602. The third-order valence-corrected chi connectivity index (χ3v) is 4.03. The lowest BCUT2D eigenvalue weighted by molar-refractivity contribution is -0.385. The van der Waals surface area contributed by atoms with Crippen LogP contribution in [0.3, 0.4) is 0 Å². The van der Waals surface area contributed by atoms with E-state index in [-0.39, 0.29) is 23.6 Å². The van der Waals surface area contributed by atoms with Gasteiger partial charge in [0.15, 0.2) is 6.61 Å². The lowest BCUT2D eigenvalue weighted by Gasteiger charge is -2.10. The Kier molecular flexibility index (Phi) is 6.87. The van der Waals surface area contributed by atoms with Gasteiger partial charge in [-0.3, -0.25) is 14.9 Å². The number of hydrazone groups is 1. The molecule has 1 amide bonds. The molecule has 0 aromatic heterocycles. The number of phenolic OH excluding ortho intramolecular Hbond substituents is 1. The van der Waals surface area contributed by atoms with Gasteiger partial charge < -0.3 is 9.84 Å². The molecule has 0 heterocycles. The molecule has 1 atom stereocenters. The molecule has 2 aromatic rings. The van der Waals surface area contributed by atoms with E-state index in [0.29, 0.717) is 11.7 Å². The molecule has 0 saturated carbocycles. The Morgan fingerprint density at radius 3 is 2.67 bits per heavy atom. The van der Waals surface area contributed by atoms with Crippen molar-refractivity contribution in [2.24, 2.45) is 5.10 Å². The van der Waals surface area contributed by atoms with Crippen LogP contribution in [0.2, 0.25) is 0 Å². The molecule has 0 aliphatic rings. The molecule has 27 heavy (non-hydrogen) atoms. The van der Waals surface area contributed by atoms with Crippen molar-refractivity contribution in [1.82, 2.24) is 5.43 Å². The summed E-state index contributed by atoms with van der Waals surface area (Å²) in [6.45, 7) is 4.01. The Balaban J connectivity index is 1.89. The first-order valence-electron chi connectivity index (χ1n) is 8.42. The van der Waals surface area contributed by atoms with E-state index in [9.17, 15) is 20.0 Å². The first-order chi connectivity index (χ1) is 12.9.